The molecule has 0 radical (unpaired) electrons. The molecule has 1 N–H and O–H groups in total. The maximum atomic E-state index is 12.9. The molecule has 1 saturated heterocycles. The van der Waals surface area contributed by atoms with Gasteiger partial charge in [0.2, 0.25) is 5.95 Å². The van der Waals surface area contributed by atoms with Gasteiger partial charge in [-0.15, -0.1) is 0 Å². The zero-order valence-corrected chi connectivity index (χ0v) is 20.1. The smallest absolute Gasteiger partial charge is 0.326 e. The van der Waals surface area contributed by atoms with Crippen molar-refractivity contribution in [2.24, 2.45) is 0 Å². The van der Waals surface area contributed by atoms with Crippen molar-refractivity contribution in [3.63, 3.8) is 0 Å². The van der Waals surface area contributed by atoms with E-state index in [9.17, 15) is 9.59 Å². The highest BCUT2D eigenvalue weighted by molar-refractivity contribution is 9.10. The highest BCUT2D eigenvalue weighted by Crippen LogP contribution is 2.32. The van der Waals surface area contributed by atoms with Gasteiger partial charge in [0.25, 0.3) is 5.91 Å². The van der Waals surface area contributed by atoms with Gasteiger partial charge in [-0.1, -0.05) is 12.1 Å². The Morgan fingerprint density at radius 1 is 1.31 bits per heavy atom. The molecule has 2 aliphatic rings. The van der Waals surface area contributed by atoms with Crippen molar-refractivity contribution in [2.75, 3.05) is 25.1 Å². The van der Waals surface area contributed by atoms with Crippen molar-refractivity contribution in [1.29, 1.82) is 0 Å². The molecule has 1 amide bonds. The van der Waals surface area contributed by atoms with Gasteiger partial charge in [-0.2, -0.15) is 0 Å². The van der Waals surface area contributed by atoms with Crippen LogP contribution in [-0.4, -0.2) is 58.1 Å². The summed E-state index contributed by atoms with van der Waals surface area (Å²) in [5, 5.41) is 3.38. The molecule has 0 aliphatic carbocycles. The van der Waals surface area contributed by atoms with Crippen molar-refractivity contribution in [3.05, 3.63) is 40.0 Å². The Morgan fingerprint density at radius 2 is 2.06 bits per heavy atom. The Bertz CT molecular complexity index is 1030. The molecule has 170 valence electrons. The van der Waals surface area contributed by atoms with E-state index in [1.165, 1.54) is 4.90 Å². The van der Waals surface area contributed by atoms with Crippen LogP contribution in [0, 0.1) is 0 Å². The third kappa shape index (κ3) is 5.27. The Morgan fingerprint density at radius 3 is 2.78 bits per heavy atom. The van der Waals surface area contributed by atoms with Crippen molar-refractivity contribution in [3.8, 4) is 11.3 Å². The topological polar surface area (TPSA) is 93.7 Å². The minimum absolute atomic E-state index is 0.0729. The number of nitrogens with one attached hydrogen (secondary N) is 1. The molecule has 2 aromatic rings. The number of esters is 1. The number of benzene rings is 1. The van der Waals surface area contributed by atoms with Crippen LogP contribution < -0.4 is 5.32 Å². The first-order valence-electron chi connectivity index (χ1n) is 10.7. The van der Waals surface area contributed by atoms with Crippen LogP contribution in [0.15, 0.2) is 28.9 Å². The highest BCUT2D eigenvalue weighted by Gasteiger charge is 2.31. The first-order valence-corrected chi connectivity index (χ1v) is 11.5. The van der Waals surface area contributed by atoms with Crippen molar-refractivity contribution >= 4 is 33.8 Å². The van der Waals surface area contributed by atoms with Crippen LogP contribution in [0.4, 0.5) is 5.95 Å². The number of halogens is 1. The Kier molecular flexibility index (Phi) is 6.48. The Labute approximate surface area is 195 Å². The van der Waals surface area contributed by atoms with Crippen molar-refractivity contribution in [1.82, 2.24) is 14.9 Å². The molecule has 1 fully saturated rings. The summed E-state index contributed by atoms with van der Waals surface area (Å²) in [5.74, 6) is -0.0480. The molecular weight excluding hydrogens is 476 g/mol. The summed E-state index contributed by atoms with van der Waals surface area (Å²) in [6.45, 7) is 7.20. The van der Waals surface area contributed by atoms with Gasteiger partial charge in [-0.25, -0.2) is 9.97 Å². The van der Waals surface area contributed by atoms with Crippen LogP contribution in [0.25, 0.3) is 11.3 Å². The molecule has 0 spiro atoms. The van der Waals surface area contributed by atoms with Crippen LogP contribution in [0.1, 0.15) is 49.5 Å². The Balaban J connectivity index is 1.52. The first-order chi connectivity index (χ1) is 15.2. The third-order valence-corrected chi connectivity index (χ3v) is 5.88. The van der Waals surface area contributed by atoms with E-state index >= 15 is 0 Å². The minimum Gasteiger partial charge on any atom is -0.459 e. The molecule has 0 bridgehead atoms. The number of ether oxygens (including phenoxy) is 2. The molecule has 3 heterocycles. The number of anilines is 1. The number of fused-ring (bicyclic) bond motifs is 1. The van der Waals surface area contributed by atoms with E-state index in [0.29, 0.717) is 23.8 Å². The standard InChI is InChI=1S/C23H27BrN4O4/c1-23(2,3)32-19(29)13-28-12-15-5-4-14(10-17(15)21(28)30)20-18(24)11-25-22(27-20)26-16-6-8-31-9-7-16/h4-5,10-11,16H,6-9,12-13H2,1-3H3,(H,25,26,27). The fraction of sp³-hybridized carbons (Fsp3) is 0.478. The zero-order valence-electron chi connectivity index (χ0n) is 18.5. The van der Waals surface area contributed by atoms with Crippen LogP contribution >= 0.6 is 15.9 Å². The monoisotopic (exact) mass is 502 g/mol. The molecule has 32 heavy (non-hydrogen) atoms. The average Bonchev–Trinajstić information content (AvgIpc) is 3.03. The van der Waals surface area contributed by atoms with E-state index in [-0.39, 0.29) is 18.5 Å². The Hall–Kier alpha value is -2.52. The molecular formula is C23H27BrN4O4. The van der Waals surface area contributed by atoms with Gasteiger partial charge in [0.1, 0.15) is 12.1 Å². The van der Waals surface area contributed by atoms with E-state index in [4.69, 9.17) is 9.47 Å². The maximum Gasteiger partial charge on any atom is 0.326 e. The quantitative estimate of drug-likeness (QED) is 0.621. The molecule has 8 nitrogen and oxygen atoms in total. The zero-order chi connectivity index (χ0) is 22.9. The van der Waals surface area contributed by atoms with Gasteiger partial charge >= 0.3 is 5.97 Å². The van der Waals surface area contributed by atoms with Crippen LogP contribution in [0.3, 0.4) is 0 Å². The van der Waals surface area contributed by atoms with Gasteiger partial charge in [-0.05, 0) is 61.2 Å². The molecule has 0 saturated carbocycles. The number of hydrogen-bond acceptors (Lipinski definition) is 7. The molecule has 4 rings (SSSR count). The largest absolute Gasteiger partial charge is 0.459 e. The van der Waals surface area contributed by atoms with Crippen LogP contribution in [-0.2, 0) is 20.8 Å². The van der Waals surface area contributed by atoms with Crippen LogP contribution in [0.5, 0.6) is 0 Å². The molecule has 0 unspecified atom stereocenters. The molecule has 2 aliphatic heterocycles. The summed E-state index contributed by atoms with van der Waals surface area (Å²) in [7, 11) is 0. The summed E-state index contributed by atoms with van der Waals surface area (Å²) >= 11 is 3.53. The second-order valence-corrected chi connectivity index (χ2v) is 9.90. The summed E-state index contributed by atoms with van der Waals surface area (Å²) < 4.78 is 11.5. The predicted molar refractivity (Wildman–Crippen MR) is 123 cm³/mol. The SMILES string of the molecule is CC(C)(C)OC(=O)CN1Cc2ccc(-c3nc(NC4CCOCC4)ncc3Br)cc2C1=O. The minimum atomic E-state index is -0.588. The second-order valence-electron chi connectivity index (χ2n) is 9.04. The van der Waals surface area contributed by atoms with E-state index < -0.39 is 11.6 Å². The van der Waals surface area contributed by atoms with E-state index in [2.05, 4.69) is 31.2 Å². The van der Waals surface area contributed by atoms with Gasteiger partial charge in [0, 0.05) is 43.1 Å². The number of nitrogens with zero attached hydrogens (tertiary/aromatic N) is 3. The van der Waals surface area contributed by atoms with E-state index in [1.807, 2.05) is 39.0 Å². The summed E-state index contributed by atoms with van der Waals surface area (Å²) in [6.07, 6.45) is 3.54. The number of amides is 1. The predicted octanol–water partition coefficient (Wildman–Crippen LogP) is 3.79. The molecule has 9 heteroatoms. The lowest BCUT2D eigenvalue weighted by molar-refractivity contribution is -0.155. The normalized spacial score (nSPS) is 16.8. The number of hydrogen-bond donors (Lipinski definition) is 1. The summed E-state index contributed by atoms with van der Waals surface area (Å²) in [6, 6.07) is 5.96. The fourth-order valence-corrected chi connectivity index (χ4v) is 4.25. The molecule has 1 aromatic carbocycles. The lowest BCUT2D eigenvalue weighted by atomic mass is 10.0. The highest BCUT2D eigenvalue weighted by atomic mass is 79.9. The summed E-state index contributed by atoms with van der Waals surface area (Å²) in [4.78, 5) is 35.7. The van der Waals surface area contributed by atoms with E-state index in [0.717, 1.165) is 41.7 Å². The van der Waals surface area contributed by atoms with Gasteiger partial charge < -0.3 is 19.7 Å². The van der Waals surface area contributed by atoms with Gasteiger partial charge in [-0.3, -0.25) is 9.59 Å². The first kappa shape index (κ1) is 22.7. The lowest BCUT2D eigenvalue weighted by Crippen LogP contribution is -2.35. The molecule has 0 atom stereocenters. The van der Waals surface area contributed by atoms with Crippen molar-refractivity contribution < 1.29 is 19.1 Å². The number of rotatable bonds is 5. The lowest BCUT2D eigenvalue weighted by Gasteiger charge is -2.23. The maximum absolute atomic E-state index is 12.9. The van der Waals surface area contributed by atoms with Gasteiger partial charge in [0.05, 0.1) is 10.2 Å². The number of carbonyl (C=O) groups is 2. The summed E-state index contributed by atoms with van der Waals surface area (Å²) in [5.41, 5.74) is 2.38. The second kappa shape index (κ2) is 9.15. The average molecular weight is 503 g/mol. The number of carbonyl (C=O) groups excluding carboxylic acids is 2. The fourth-order valence-electron chi connectivity index (χ4n) is 3.83. The van der Waals surface area contributed by atoms with Crippen LogP contribution in [0.2, 0.25) is 0 Å². The third-order valence-electron chi connectivity index (χ3n) is 5.30. The van der Waals surface area contributed by atoms with E-state index in [1.54, 1.807) is 6.20 Å². The van der Waals surface area contributed by atoms with Gasteiger partial charge in [0.15, 0.2) is 0 Å². The van der Waals surface area contributed by atoms with Crippen molar-refractivity contribution in [2.45, 2.75) is 51.8 Å². The molecule has 1 aromatic heterocycles. The number of aromatic nitrogens is 2.